The van der Waals surface area contributed by atoms with Crippen molar-refractivity contribution in [2.45, 2.75) is 13.8 Å². The molecular weight excluding hydrogens is 297 g/mol. The van der Waals surface area contributed by atoms with Crippen molar-refractivity contribution in [2.24, 2.45) is 23.7 Å². The standard InChI is InChI=1S/C18H18FNO3/c1-9(2)14-12-7-8-13(14)16(18(22)23)15(12)17(21)20-11-5-3-10(19)4-6-11/h3-8,12-13,15-16H,1-2H3,(H,20,21)(H,22,23)/t12-,13+,15+,16-/m0/s1. The molecule has 0 aliphatic heterocycles. The summed E-state index contributed by atoms with van der Waals surface area (Å²) in [5.74, 6) is -3.47. The average Bonchev–Trinajstić information content (AvgIpc) is 3.05. The Morgan fingerprint density at radius 3 is 2.13 bits per heavy atom. The first-order valence-electron chi connectivity index (χ1n) is 7.55. The molecule has 0 spiro atoms. The number of amides is 1. The minimum atomic E-state index is -0.958. The average molecular weight is 315 g/mol. The lowest BCUT2D eigenvalue weighted by atomic mass is 9.82. The van der Waals surface area contributed by atoms with Crippen molar-refractivity contribution in [1.29, 1.82) is 0 Å². The molecule has 1 aromatic rings. The fraction of sp³-hybridized carbons (Fsp3) is 0.333. The number of halogens is 1. The lowest BCUT2D eigenvalue weighted by Gasteiger charge is -2.23. The quantitative estimate of drug-likeness (QED) is 0.842. The maximum absolute atomic E-state index is 12.9. The molecule has 0 radical (unpaired) electrons. The second kappa shape index (κ2) is 5.65. The number of anilines is 1. The first-order chi connectivity index (χ1) is 10.9. The van der Waals surface area contributed by atoms with Crippen LogP contribution < -0.4 is 5.32 Å². The summed E-state index contributed by atoms with van der Waals surface area (Å²) in [7, 11) is 0. The van der Waals surface area contributed by atoms with E-state index < -0.39 is 17.8 Å². The molecule has 2 aliphatic rings. The number of allylic oxidation sites excluding steroid dienone is 4. The summed E-state index contributed by atoms with van der Waals surface area (Å²) in [4.78, 5) is 24.3. The zero-order chi connectivity index (χ0) is 16.7. The van der Waals surface area contributed by atoms with Gasteiger partial charge in [0, 0.05) is 17.5 Å². The molecule has 4 atom stereocenters. The van der Waals surface area contributed by atoms with Crippen LogP contribution in [0.4, 0.5) is 10.1 Å². The van der Waals surface area contributed by atoms with Crippen LogP contribution in [0.5, 0.6) is 0 Å². The van der Waals surface area contributed by atoms with Crippen LogP contribution in [-0.2, 0) is 9.59 Å². The van der Waals surface area contributed by atoms with E-state index in [4.69, 9.17) is 0 Å². The van der Waals surface area contributed by atoms with E-state index in [-0.39, 0.29) is 23.6 Å². The minimum absolute atomic E-state index is 0.174. The second-order valence-electron chi connectivity index (χ2n) is 6.28. The first-order valence-corrected chi connectivity index (χ1v) is 7.55. The summed E-state index contributed by atoms with van der Waals surface area (Å²) in [6.45, 7) is 3.89. The molecule has 0 unspecified atom stereocenters. The van der Waals surface area contributed by atoms with Crippen LogP contribution in [0, 0.1) is 29.5 Å². The summed E-state index contributed by atoms with van der Waals surface area (Å²) < 4.78 is 12.9. The molecular formula is C18H18FNO3. The third-order valence-corrected chi connectivity index (χ3v) is 4.68. The molecule has 2 aliphatic carbocycles. The molecule has 2 N–H and O–H groups in total. The van der Waals surface area contributed by atoms with Crippen molar-refractivity contribution in [1.82, 2.24) is 0 Å². The van der Waals surface area contributed by atoms with E-state index >= 15 is 0 Å². The summed E-state index contributed by atoms with van der Waals surface area (Å²) in [6.07, 6.45) is 3.83. The second-order valence-corrected chi connectivity index (χ2v) is 6.28. The topological polar surface area (TPSA) is 66.4 Å². The van der Waals surface area contributed by atoms with E-state index in [2.05, 4.69) is 5.32 Å². The van der Waals surface area contributed by atoms with E-state index in [1.54, 1.807) is 0 Å². The van der Waals surface area contributed by atoms with Gasteiger partial charge in [0.15, 0.2) is 0 Å². The molecule has 3 rings (SSSR count). The predicted octanol–water partition coefficient (Wildman–Crippen LogP) is 3.23. The highest BCUT2D eigenvalue weighted by atomic mass is 19.1. The zero-order valence-electron chi connectivity index (χ0n) is 12.9. The highest BCUT2D eigenvalue weighted by molar-refractivity contribution is 5.97. The number of fused-ring (bicyclic) bond motifs is 2. The molecule has 1 amide bonds. The highest BCUT2D eigenvalue weighted by Gasteiger charge is 2.54. The van der Waals surface area contributed by atoms with Gasteiger partial charge in [-0.1, -0.05) is 23.3 Å². The molecule has 23 heavy (non-hydrogen) atoms. The number of carbonyl (C=O) groups excluding carboxylic acids is 1. The van der Waals surface area contributed by atoms with Crippen molar-refractivity contribution in [3.05, 3.63) is 53.4 Å². The number of nitrogens with one attached hydrogen (secondary N) is 1. The van der Waals surface area contributed by atoms with Gasteiger partial charge in [0.25, 0.3) is 0 Å². The Labute approximate surface area is 133 Å². The minimum Gasteiger partial charge on any atom is -0.481 e. The molecule has 120 valence electrons. The fourth-order valence-corrected chi connectivity index (χ4v) is 3.80. The smallest absolute Gasteiger partial charge is 0.308 e. The molecule has 0 aromatic heterocycles. The van der Waals surface area contributed by atoms with E-state index in [1.165, 1.54) is 24.3 Å². The summed E-state index contributed by atoms with van der Waals surface area (Å²) >= 11 is 0. The summed E-state index contributed by atoms with van der Waals surface area (Å²) in [6, 6.07) is 5.45. The third kappa shape index (κ3) is 2.56. The zero-order valence-corrected chi connectivity index (χ0v) is 12.9. The Morgan fingerprint density at radius 1 is 1.04 bits per heavy atom. The fourth-order valence-electron chi connectivity index (χ4n) is 3.80. The van der Waals surface area contributed by atoms with Gasteiger partial charge in [0.1, 0.15) is 5.82 Å². The van der Waals surface area contributed by atoms with Gasteiger partial charge < -0.3 is 10.4 Å². The van der Waals surface area contributed by atoms with Gasteiger partial charge in [0.05, 0.1) is 11.8 Å². The molecule has 0 heterocycles. The van der Waals surface area contributed by atoms with Crippen molar-refractivity contribution in [3.63, 3.8) is 0 Å². The number of hydrogen-bond donors (Lipinski definition) is 2. The molecule has 2 bridgehead atoms. The van der Waals surface area contributed by atoms with Crippen LogP contribution in [0.1, 0.15) is 13.8 Å². The Hall–Kier alpha value is -2.43. The van der Waals surface area contributed by atoms with Gasteiger partial charge in [-0.25, -0.2) is 4.39 Å². The van der Waals surface area contributed by atoms with E-state index in [0.717, 1.165) is 11.1 Å². The van der Waals surface area contributed by atoms with Crippen molar-refractivity contribution in [3.8, 4) is 0 Å². The Morgan fingerprint density at radius 2 is 1.61 bits per heavy atom. The number of carboxylic acid groups (broad SMARTS) is 1. The lowest BCUT2D eigenvalue weighted by molar-refractivity contribution is -0.146. The number of carboxylic acids is 1. The van der Waals surface area contributed by atoms with Gasteiger partial charge in [0.2, 0.25) is 5.91 Å². The van der Waals surface area contributed by atoms with Gasteiger partial charge in [-0.2, -0.15) is 0 Å². The maximum Gasteiger partial charge on any atom is 0.308 e. The molecule has 5 heteroatoms. The summed E-state index contributed by atoms with van der Waals surface area (Å²) in [5.41, 5.74) is 2.57. The van der Waals surface area contributed by atoms with Crippen LogP contribution in [-0.4, -0.2) is 17.0 Å². The van der Waals surface area contributed by atoms with E-state index in [1.807, 2.05) is 26.0 Å². The lowest BCUT2D eigenvalue weighted by Crippen LogP contribution is -2.36. The molecule has 1 fully saturated rings. The molecule has 1 aromatic carbocycles. The maximum atomic E-state index is 12.9. The monoisotopic (exact) mass is 315 g/mol. The van der Waals surface area contributed by atoms with Crippen LogP contribution >= 0.6 is 0 Å². The first kappa shape index (κ1) is 15.5. The number of hydrogen-bond acceptors (Lipinski definition) is 2. The summed E-state index contributed by atoms with van der Waals surface area (Å²) in [5, 5.41) is 12.3. The van der Waals surface area contributed by atoms with Crippen LogP contribution in [0.15, 0.2) is 47.6 Å². The molecule has 0 saturated heterocycles. The number of aliphatic carboxylic acids is 1. The SMILES string of the molecule is CC(C)=C1[C@H]2C=C[C@@H]1[C@@H](C(=O)Nc1ccc(F)cc1)[C@H]2C(=O)O. The molecule has 4 nitrogen and oxygen atoms in total. The van der Waals surface area contributed by atoms with Crippen molar-refractivity contribution in [2.75, 3.05) is 5.32 Å². The van der Waals surface area contributed by atoms with Gasteiger partial charge in [-0.05, 0) is 38.1 Å². The van der Waals surface area contributed by atoms with Crippen LogP contribution in [0.25, 0.3) is 0 Å². The van der Waals surface area contributed by atoms with Crippen molar-refractivity contribution < 1.29 is 19.1 Å². The Balaban J connectivity index is 1.89. The predicted molar refractivity (Wildman–Crippen MR) is 84.1 cm³/mol. The number of carbonyl (C=O) groups is 2. The van der Waals surface area contributed by atoms with E-state index in [9.17, 15) is 19.1 Å². The Bertz CT molecular complexity index is 716. The van der Waals surface area contributed by atoms with Crippen molar-refractivity contribution >= 4 is 17.6 Å². The van der Waals surface area contributed by atoms with E-state index in [0.29, 0.717) is 5.69 Å². The van der Waals surface area contributed by atoms with Gasteiger partial charge in [-0.15, -0.1) is 0 Å². The van der Waals surface area contributed by atoms with Crippen LogP contribution in [0.2, 0.25) is 0 Å². The Kier molecular flexibility index (Phi) is 3.80. The number of rotatable bonds is 3. The normalized spacial score (nSPS) is 28.0. The number of benzene rings is 1. The van der Waals surface area contributed by atoms with Gasteiger partial charge in [-0.3, -0.25) is 9.59 Å². The van der Waals surface area contributed by atoms with Gasteiger partial charge >= 0.3 is 5.97 Å². The molecule has 1 saturated carbocycles. The largest absolute Gasteiger partial charge is 0.481 e. The van der Waals surface area contributed by atoms with Crippen LogP contribution in [0.3, 0.4) is 0 Å². The highest BCUT2D eigenvalue weighted by Crippen LogP contribution is 2.53. The third-order valence-electron chi connectivity index (χ3n) is 4.68.